The van der Waals surface area contributed by atoms with Gasteiger partial charge in [-0.25, -0.2) is 0 Å². The van der Waals surface area contributed by atoms with Gasteiger partial charge in [-0.15, -0.1) is 0 Å². The molecule has 2 rings (SSSR count). The first-order chi connectivity index (χ1) is 8.01. The van der Waals surface area contributed by atoms with Crippen LogP contribution in [0.25, 0.3) is 0 Å². The molecule has 0 bridgehead atoms. The molecule has 0 heterocycles. The zero-order valence-corrected chi connectivity index (χ0v) is 11.7. The summed E-state index contributed by atoms with van der Waals surface area (Å²) in [4.78, 5) is 0. The van der Waals surface area contributed by atoms with E-state index in [2.05, 4.69) is 38.1 Å². The number of fused-ring (bicyclic) bond motifs is 1. The van der Waals surface area contributed by atoms with Crippen molar-refractivity contribution in [2.24, 2.45) is 11.1 Å². The summed E-state index contributed by atoms with van der Waals surface area (Å²) < 4.78 is 5.30. The van der Waals surface area contributed by atoms with Crippen LogP contribution >= 0.6 is 0 Å². The number of ether oxygens (including phenoxy) is 1. The van der Waals surface area contributed by atoms with E-state index in [9.17, 15) is 0 Å². The van der Waals surface area contributed by atoms with Crippen molar-refractivity contribution < 1.29 is 4.74 Å². The maximum absolute atomic E-state index is 6.53. The molecular weight excluding hydrogens is 210 g/mol. The zero-order valence-electron chi connectivity index (χ0n) is 11.7. The van der Waals surface area contributed by atoms with Crippen molar-refractivity contribution in [3.8, 4) is 0 Å². The van der Waals surface area contributed by atoms with Crippen LogP contribution in [0.5, 0.6) is 0 Å². The zero-order chi connectivity index (χ0) is 13.1. The van der Waals surface area contributed by atoms with E-state index in [-0.39, 0.29) is 11.0 Å². The molecule has 2 heteroatoms. The fraction of sp³-hybridized carbons (Fsp3) is 0.600. The van der Waals surface area contributed by atoms with Gasteiger partial charge in [0.1, 0.15) is 0 Å². The van der Waals surface area contributed by atoms with Crippen LogP contribution in [0, 0.1) is 5.41 Å². The predicted octanol–water partition coefficient (Wildman–Crippen LogP) is 3.10. The molecule has 0 aliphatic heterocycles. The highest BCUT2D eigenvalue weighted by molar-refractivity contribution is 5.41. The van der Waals surface area contributed by atoms with Crippen molar-refractivity contribution in [3.05, 3.63) is 35.4 Å². The van der Waals surface area contributed by atoms with Gasteiger partial charge in [0.2, 0.25) is 0 Å². The summed E-state index contributed by atoms with van der Waals surface area (Å²) in [5, 5.41) is 0. The summed E-state index contributed by atoms with van der Waals surface area (Å²) >= 11 is 0. The van der Waals surface area contributed by atoms with Gasteiger partial charge in [-0.05, 0) is 23.0 Å². The lowest BCUT2D eigenvalue weighted by Gasteiger charge is -2.38. The van der Waals surface area contributed by atoms with E-state index < -0.39 is 0 Å². The minimum atomic E-state index is -0.349. The molecule has 1 unspecified atom stereocenters. The molecule has 0 radical (unpaired) electrons. The highest BCUT2D eigenvalue weighted by Gasteiger charge is 2.49. The van der Waals surface area contributed by atoms with Gasteiger partial charge >= 0.3 is 0 Å². The lowest BCUT2D eigenvalue weighted by molar-refractivity contribution is 0.0635. The van der Waals surface area contributed by atoms with Crippen molar-refractivity contribution >= 4 is 0 Å². The van der Waals surface area contributed by atoms with Gasteiger partial charge in [-0.3, -0.25) is 0 Å². The van der Waals surface area contributed by atoms with Crippen molar-refractivity contribution in [2.75, 3.05) is 13.7 Å². The van der Waals surface area contributed by atoms with Crippen molar-refractivity contribution in [1.82, 2.24) is 0 Å². The van der Waals surface area contributed by atoms with Crippen molar-refractivity contribution in [3.63, 3.8) is 0 Å². The van der Waals surface area contributed by atoms with Gasteiger partial charge in [-0.2, -0.15) is 0 Å². The van der Waals surface area contributed by atoms with Gasteiger partial charge in [0.05, 0.1) is 12.1 Å². The molecule has 0 spiro atoms. The molecule has 17 heavy (non-hydrogen) atoms. The van der Waals surface area contributed by atoms with Crippen LogP contribution in [-0.2, 0) is 16.7 Å². The minimum absolute atomic E-state index is 0.0622. The molecule has 0 saturated heterocycles. The Morgan fingerprint density at radius 3 is 2.41 bits per heavy atom. The summed E-state index contributed by atoms with van der Waals surface area (Å²) in [7, 11) is 1.71. The largest absolute Gasteiger partial charge is 0.382 e. The van der Waals surface area contributed by atoms with Crippen molar-refractivity contribution in [1.29, 1.82) is 0 Å². The Kier molecular flexibility index (Phi) is 4.34. The Morgan fingerprint density at radius 2 is 1.82 bits per heavy atom. The second-order valence-electron chi connectivity index (χ2n) is 5.12. The third-order valence-electron chi connectivity index (χ3n) is 3.71. The Morgan fingerprint density at radius 1 is 1.24 bits per heavy atom. The van der Waals surface area contributed by atoms with Gasteiger partial charge in [0.15, 0.2) is 0 Å². The number of hydrogen-bond acceptors (Lipinski definition) is 2. The molecule has 1 atom stereocenters. The fourth-order valence-corrected chi connectivity index (χ4v) is 2.61. The number of methoxy groups -OCH3 is 1. The maximum Gasteiger partial charge on any atom is 0.0704 e. The van der Waals surface area contributed by atoms with Crippen LogP contribution in [-0.4, -0.2) is 13.7 Å². The van der Waals surface area contributed by atoms with E-state index in [1.165, 1.54) is 11.1 Å². The molecular formula is C15H25NO. The van der Waals surface area contributed by atoms with E-state index >= 15 is 0 Å². The van der Waals surface area contributed by atoms with Gasteiger partial charge in [0.25, 0.3) is 0 Å². The smallest absolute Gasteiger partial charge is 0.0704 e. The van der Waals surface area contributed by atoms with E-state index in [0.29, 0.717) is 6.61 Å². The van der Waals surface area contributed by atoms with Crippen LogP contribution in [0.3, 0.4) is 0 Å². The third-order valence-corrected chi connectivity index (χ3v) is 3.71. The highest BCUT2D eigenvalue weighted by Crippen LogP contribution is 2.48. The molecule has 1 aromatic rings. The Balaban J connectivity index is 0.000000686. The van der Waals surface area contributed by atoms with Crippen LogP contribution in [0.1, 0.15) is 38.8 Å². The topological polar surface area (TPSA) is 35.2 Å². The molecule has 1 aliphatic carbocycles. The summed E-state index contributed by atoms with van der Waals surface area (Å²) in [5.74, 6) is 0. The standard InChI is InChI=1S/C13H19NO.C2H6/c1-12(2)8-10-6-4-5-7-11(10)13(12,14)9-15-3;1-2/h4-7H,8-9,14H2,1-3H3;1-2H3. The van der Waals surface area contributed by atoms with E-state index in [1.54, 1.807) is 7.11 Å². The summed E-state index contributed by atoms with van der Waals surface area (Å²) in [6.07, 6.45) is 1.03. The molecule has 96 valence electrons. The molecule has 0 aromatic heterocycles. The van der Waals surface area contributed by atoms with Crippen molar-refractivity contribution in [2.45, 2.75) is 39.7 Å². The van der Waals surface area contributed by atoms with Crippen LogP contribution in [0.15, 0.2) is 24.3 Å². The lowest BCUT2D eigenvalue weighted by atomic mass is 9.74. The first-order valence-corrected chi connectivity index (χ1v) is 6.37. The monoisotopic (exact) mass is 235 g/mol. The first kappa shape index (κ1) is 14.2. The first-order valence-electron chi connectivity index (χ1n) is 6.37. The number of rotatable bonds is 2. The Hall–Kier alpha value is -0.860. The third kappa shape index (κ3) is 2.24. The van der Waals surface area contributed by atoms with E-state index in [4.69, 9.17) is 10.5 Å². The molecule has 1 aromatic carbocycles. The number of benzene rings is 1. The Bertz CT molecular complexity index is 373. The number of nitrogens with two attached hydrogens (primary N) is 1. The summed E-state index contributed by atoms with van der Waals surface area (Å²) in [6, 6.07) is 8.43. The molecule has 2 nitrogen and oxygen atoms in total. The molecule has 1 aliphatic rings. The normalized spacial score (nSPS) is 24.8. The number of hydrogen-bond donors (Lipinski definition) is 1. The Labute approximate surface area is 105 Å². The second-order valence-corrected chi connectivity index (χ2v) is 5.12. The van der Waals surface area contributed by atoms with E-state index in [1.807, 2.05) is 13.8 Å². The minimum Gasteiger partial charge on any atom is -0.382 e. The molecule has 0 saturated carbocycles. The second kappa shape index (κ2) is 5.19. The predicted molar refractivity (Wildman–Crippen MR) is 73.0 cm³/mol. The van der Waals surface area contributed by atoms with Gasteiger partial charge in [-0.1, -0.05) is 52.0 Å². The van der Waals surface area contributed by atoms with Gasteiger partial charge < -0.3 is 10.5 Å². The fourth-order valence-electron chi connectivity index (χ4n) is 2.61. The lowest BCUT2D eigenvalue weighted by Crippen LogP contribution is -2.50. The molecule has 2 N–H and O–H groups in total. The highest BCUT2D eigenvalue weighted by atomic mass is 16.5. The SMILES string of the molecule is CC.COCC1(N)c2ccccc2CC1(C)C. The van der Waals surface area contributed by atoms with E-state index in [0.717, 1.165) is 6.42 Å². The van der Waals surface area contributed by atoms with Gasteiger partial charge in [0, 0.05) is 7.11 Å². The average Bonchev–Trinajstić information content (AvgIpc) is 2.50. The van der Waals surface area contributed by atoms with Crippen LogP contribution in [0.2, 0.25) is 0 Å². The molecule has 0 amide bonds. The molecule has 0 fully saturated rings. The average molecular weight is 235 g/mol. The quantitative estimate of drug-likeness (QED) is 0.855. The van der Waals surface area contributed by atoms with Crippen LogP contribution < -0.4 is 5.73 Å². The van der Waals surface area contributed by atoms with Crippen LogP contribution in [0.4, 0.5) is 0 Å². The summed E-state index contributed by atoms with van der Waals surface area (Å²) in [5.41, 5.74) is 8.86. The summed E-state index contributed by atoms with van der Waals surface area (Å²) in [6.45, 7) is 9.01. The maximum atomic E-state index is 6.53.